The van der Waals surface area contributed by atoms with Crippen molar-refractivity contribution in [3.8, 4) is 11.4 Å². The Morgan fingerprint density at radius 3 is 2.09 bits per heavy atom. The number of benzene rings is 2. The van der Waals surface area contributed by atoms with Gasteiger partial charge in [-0.05, 0) is 88.4 Å². The van der Waals surface area contributed by atoms with E-state index in [4.69, 9.17) is 11.6 Å². The fourth-order valence-electron chi connectivity index (χ4n) is 4.34. The van der Waals surface area contributed by atoms with Crippen molar-refractivity contribution in [3.63, 3.8) is 0 Å². The molecule has 0 saturated carbocycles. The highest BCUT2D eigenvalue weighted by atomic mass is 35.5. The lowest BCUT2D eigenvalue weighted by atomic mass is 10.2. The minimum atomic E-state index is -0.355. The van der Waals surface area contributed by atoms with Gasteiger partial charge in [-0.1, -0.05) is 11.6 Å². The molecule has 2 aromatic heterocycles. The predicted octanol–water partition coefficient (Wildman–Crippen LogP) is 5.98. The molecular weight excluding hydrogens is 458 g/mol. The van der Waals surface area contributed by atoms with Gasteiger partial charge in [-0.15, -0.1) is 0 Å². The van der Waals surface area contributed by atoms with Crippen molar-refractivity contribution in [2.24, 2.45) is 5.10 Å². The third-order valence-electron chi connectivity index (χ3n) is 6.19. The number of hydrazone groups is 1. The Hall–Kier alpha value is -3.77. The van der Waals surface area contributed by atoms with Crippen LogP contribution in [0.2, 0.25) is 5.02 Å². The molecule has 1 amide bonds. The van der Waals surface area contributed by atoms with Crippen LogP contribution in [0.1, 0.15) is 38.7 Å². The third kappa shape index (κ3) is 4.88. The Bertz CT molecular complexity index is 1390. The lowest BCUT2D eigenvalue weighted by Crippen LogP contribution is -2.18. The minimum absolute atomic E-state index is 0.355. The summed E-state index contributed by atoms with van der Waals surface area (Å²) in [6.45, 7) is 8.16. The number of carbonyl (C=O) groups excluding carboxylic acids is 1. The molecule has 180 valence electrons. The molecule has 35 heavy (non-hydrogen) atoms. The highest BCUT2D eigenvalue weighted by molar-refractivity contribution is 6.34. The molecule has 4 aromatic rings. The van der Waals surface area contributed by atoms with Gasteiger partial charge in [0.2, 0.25) is 0 Å². The van der Waals surface area contributed by atoms with E-state index < -0.39 is 0 Å². The Morgan fingerprint density at radius 2 is 1.49 bits per heavy atom. The summed E-state index contributed by atoms with van der Waals surface area (Å²) in [4.78, 5) is 14.8. The molecule has 0 aliphatic rings. The Morgan fingerprint density at radius 1 is 0.857 bits per heavy atom. The second kappa shape index (κ2) is 9.84. The number of aromatic nitrogens is 2. The zero-order chi connectivity index (χ0) is 25.3. The Kier molecular flexibility index (Phi) is 6.85. The molecule has 0 fully saturated rings. The van der Waals surface area contributed by atoms with Crippen LogP contribution in [0.15, 0.2) is 65.8 Å². The van der Waals surface area contributed by atoms with Crippen molar-refractivity contribution in [3.05, 3.63) is 99.6 Å². The van der Waals surface area contributed by atoms with Gasteiger partial charge in [-0.25, -0.2) is 5.43 Å². The van der Waals surface area contributed by atoms with Crippen LogP contribution < -0.4 is 10.3 Å². The molecule has 0 spiro atoms. The van der Waals surface area contributed by atoms with Gasteiger partial charge in [0.15, 0.2) is 0 Å². The quantitative estimate of drug-likeness (QED) is 0.268. The molecule has 0 unspecified atom stereocenters. The second-order valence-electron chi connectivity index (χ2n) is 8.89. The van der Waals surface area contributed by atoms with Crippen LogP contribution in [0.3, 0.4) is 0 Å². The van der Waals surface area contributed by atoms with E-state index in [1.165, 1.54) is 0 Å². The van der Waals surface area contributed by atoms with E-state index in [-0.39, 0.29) is 5.91 Å². The maximum absolute atomic E-state index is 12.7. The van der Waals surface area contributed by atoms with Crippen LogP contribution >= 0.6 is 11.6 Å². The number of aryl methyl sites for hydroxylation is 3. The van der Waals surface area contributed by atoms with Crippen LogP contribution in [0, 0.1) is 27.7 Å². The molecule has 0 aliphatic carbocycles. The number of nitrogens with zero attached hydrogens (tertiary/aromatic N) is 4. The SMILES string of the molecule is Cc1ccc(C)n1-c1ccc(C(=O)N/N=C\c2cc(C)n(-c3ccc(N(C)C)cc3)c2C)c(Cl)c1. The summed E-state index contributed by atoms with van der Waals surface area (Å²) in [7, 11) is 4.05. The van der Waals surface area contributed by atoms with Crippen LogP contribution in [0.5, 0.6) is 0 Å². The van der Waals surface area contributed by atoms with Crippen molar-refractivity contribution in [2.75, 3.05) is 19.0 Å². The summed E-state index contributed by atoms with van der Waals surface area (Å²) in [6.07, 6.45) is 1.67. The van der Waals surface area contributed by atoms with Crippen molar-refractivity contribution in [1.29, 1.82) is 0 Å². The first-order valence-corrected chi connectivity index (χ1v) is 11.8. The number of amides is 1. The summed E-state index contributed by atoms with van der Waals surface area (Å²) >= 11 is 6.46. The lowest BCUT2D eigenvalue weighted by molar-refractivity contribution is 0.0955. The monoisotopic (exact) mass is 487 g/mol. The highest BCUT2D eigenvalue weighted by Gasteiger charge is 2.13. The molecule has 0 aliphatic heterocycles. The fraction of sp³-hybridized carbons (Fsp3) is 0.214. The molecule has 2 aromatic carbocycles. The summed E-state index contributed by atoms with van der Waals surface area (Å²) in [6, 6.07) is 19.9. The topological polar surface area (TPSA) is 54.6 Å². The van der Waals surface area contributed by atoms with Crippen molar-refractivity contribution >= 4 is 29.4 Å². The van der Waals surface area contributed by atoms with E-state index >= 15 is 0 Å². The van der Waals surface area contributed by atoms with Gasteiger partial charge in [-0.3, -0.25) is 4.79 Å². The molecule has 0 radical (unpaired) electrons. The number of nitrogens with one attached hydrogen (secondary N) is 1. The van der Waals surface area contributed by atoms with Crippen LogP contribution in [0.25, 0.3) is 11.4 Å². The fourth-order valence-corrected chi connectivity index (χ4v) is 4.60. The zero-order valence-electron chi connectivity index (χ0n) is 20.9. The van der Waals surface area contributed by atoms with Gasteiger partial charge in [0, 0.05) is 59.5 Å². The van der Waals surface area contributed by atoms with Gasteiger partial charge in [0.25, 0.3) is 5.91 Å². The van der Waals surface area contributed by atoms with Gasteiger partial charge < -0.3 is 14.0 Å². The molecule has 1 N–H and O–H groups in total. The number of halogens is 1. The van der Waals surface area contributed by atoms with Crippen LogP contribution in [-0.2, 0) is 0 Å². The molecule has 4 rings (SSSR count). The van der Waals surface area contributed by atoms with Gasteiger partial charge in [0.05, 0.1) is 16.8 Å². The first kappa shape index (κ1) is 24.4. The number of hydrogen-bond donors (Lipinski definition) is 1. The largest absolute Gasteiger partial charge is 0.378 e. The smallest absolute Gasteiger partial charge is 0.272 e. The molecule has 6 nitrogen and oxygen atoms in total. The summed E-state index contributed by atoms with van der Waals surface area (Å²) < 4.78 is 4.26. The minimum Gasteiger partial charge on any atom is -0.378 e. The standard InChI is InChI=1S/C28H30ClN5O/c1-18-7-8-19(2)33(18)25-13-14-26(27(29)16-25)28(35)31-30-17-22-15-20(3)34(21(22)4)24-11-9-23(10-12-24)32(5)6/h7-17H,1-6H3,(H,31,35)/b30-17-. The molecule has 0 atom stereocenters. The van der Waals surface area contributed by atoms with Gasteiger partial charge in [0.1, 0.15) is 0 Å². The van der Waals surface area contributed by atoms with E-state index in [0.29, 0.717) is 10.6 Å². The number of rotatable bonds is 6. The normalized spacial score (nSPS) is 11.3. The Balaban J connectivity index is 1.50. The molecular formula is C28H30ClN5O. The van der Waals surface area contributed by atoms with E-state index in [1.807, 2.05) is 59.1 Å². The summed E-state index contributed by atoms with van der Waals surface area (Å²) in [5.74, 6) is -0.355. The summed E-state index contributed by atoms with van der Waals surface area (Å²) in [5, 5.41) is 4.57. The van der Waals surface area contributed by atoms with Crippen LogP contribution in [-0.4, -0.2) is 35.4 Å². The predicted molar refractivity (Wildman–Crippen MR) is 145 cm³/mol. The van der Waals surface area contributed by atoms with E-state index in [2.05, 4.69) is 55.8 Å². The molecule has 7 heteroatoms. The molecule has 0 bridgehead atoms. The van der Waals surface area contributed by atoms with Crippen molar-refractivity contribution < 1.29 is 4.79 Å². The second-order valence-corrected chi connectivity index (χ2v) is 9.29. The maximum Gasteiger partial charge on any atom is 0.272 e. The van der Waals surface area contributed by atoms with Crippen molar-refractivity contribution in [2.45, 2.75) is 27.7 Å². The average molecular weight is 488 g/mol. The van der Waals surface area contributed by atoms with Gasteiger partial charge in [-0.2, -0.15) is 5.10 Å². The maximum atomic E-state index is 12.7. The highest BCUT2D eigenvalue weighted by Crippen LogP contribution is 2.24. The number of carbonyl (C=O) groups is 1. The third-order valence-corrected chi connectivity index (χ3v) is 6.50. The number of hydrogen-bond acceptors (Lipinski definition) is 3. The average Bonchev–Trinajstić information content (AvgIpc) is 3.30. The Labute approximate surface area is 211 Å². The van der Waals surface area contributed by atoms with E-state index in [0.717, 1.165) is 45.4 Å². The molecule has 2 heterocycles. The van der Waals surface area contributed by atoms with Crippen LogP contribution in [0.4, 0.5) is 5.69 Å². The number of anilines is 1. The lowest BCUT2D eigenvalue weighted by Gasteiger charge is -2.14. The van der Waals surface area contributed by atoms with Gasteiger partial charge >= 0.3 is 0 Å². The van der Waals surface area contributed by atoms with E-state index in [1.54, 1.807) is 18.3 Å². The summed E-state index contributed by atoms with van der Waals surface area (Å²) in [5.41, 5.74) is 11.4. The van der Waals surface area contributed by atoms with E-state index in [9.17, 15) is 4.79 Å². The first-order valence-electron chi connectivity index (χ1n) is 11.4. The first-order chi connectivity index (χ1) is 16.7. The molecule has 0 saturated heterocycles. The zero-order valence-corrected chi connectivity index (χ0v) is 21.7. The van der Waals surface area contributed by atoms with Crippen molar-refractivity contribution in [1.82, 2.24) is 14.6 Å².